The molecule has 0 aromatic heterocycles. The number of hydrogen-bond donors (Lipinski definition) is 2. The Hall–Kier alpha value is -1.61. The number of nitrogens with one attached hydrogen (secondary N) is 2. The molecular weight excluding hydrogens is 194 g/mol. The summed E-state index contributed by atoms with van der Waals surface area (Å²) in [6.07, 6.45) is 7.92. The van der Waals surface area contributed by atoms with E-state index in [-0.39, 0.29) is 18.7 Å². The maximum absolute atomic E-state index is 11.3. The zero-order valence-corrected chi connectivity index (χ0v) is 8.27. The van der Waals surface area contributed by atoms with Crippen LogP contribution in [-0.4, -0.2) is 24.8 Å². The van der Waals surface area contributed by atoms with Gasteiger partial charge in [0.2, 0.25) is 6.08 Å². The van der Waals surface area contributed by atoms with Crippen LogP contribution in [-0.2, 0) is 4.79 Å². The summed E-state index contributed by atoms with van der Waals surface area (Å²) >= 11 is 0. The Balaban J connectivity index is 1.75. The lowest BCUT2D eigenvalue weighted by molar-refractivity contribution is 0.235. The van der Waals surface area contributed by atoms with E-state index in [0.717, 1.165) is 12.8 Å². The van der Waals surface area contributed by atoms with Crippen molar-refractivity contribution >= 4 is 12.1 Å². The van der Waals surface area contributed by atoms with Gasteiger partial charge in [0, 0.05) is 6.04 Å². The van der Waals surface area contributed by atoms with Gasteiger partial charge in [-0.2, -0.15) is 4.99 Å². The molecule has 2 aliphatic rings. The normalized spacial score (nSPS) is 31.1. The number of aliphatic imine (C=N–C) groups is 1. The second-order valence-electron chi connectivity index (χ2n) is 3.94. The summed E-state index contributed by atoms with van der Waals surface area (Å²) in [5.74, 6) is 1.11. The molecule has 0 saturated heterocycles. The highest BCUT2D eigenvalue weighted by Crippen LogP contribution is 2.38. The Morgan fingerprint density at radius 2 is 2.33 bits per heavy atom. The first-order valence-electron chi connectivity index (χ1n) is 5.06. The van der Waals surface area contributed by atoms with Gasteiger partial charge in [0.05, 0.1) is 0 Å². The quantitative estimate of drug-likeness (QED) is 0.403. The van der Waals surface area contributed by atoms with Crippen LogP contribution in [0.3, 0.4) is 0 Å². The average Bonchev–Trinajstić information content (AvgIpc) is 2.79. The molecule has 3 unspecified atom stereocenters. The van der Waals surface area contributed by atoms with Crippen molar-refractivity contribution in [2.75, 3.05) is 6.67 Å². The van der Waals surface area contributed by atoms with E-state index in [1.165, 1.54) is 6.08 Å². The third-order valence-corrected chi connectivity index (χ3v) is 2.98. The second-order valence-corrected chi connectivity index (χ2v) is 3.94. The Morgan fingerprint density at radius 3 is 2.93 bits per heavy atom. The predicted octanol–water partition coefficient (Wildman–Crippen LogP) is 0.543. The maximum Gasteiger partial charge on any atom is 0.316 e. The molecular formula is C10H13N3O2. The van der Waals surface area contributed by atoms with Gasteiger partial charge in [-0.1, -0.05) is 12.2 Å². The van der Waals surface area contributed by atoms with E-state index >= 15 is 0 Å². The summed E-state index contributed by atoms with van der Waals surface area (Å²) in [5, 5.41) is 5.34. The van der Waals surface area contributed by atoms with Crippen molar-refractivity contribution < 1.29 is 9.59 Å². The molecule has 2 bridgehead atoms. The Kier molecular flexibility index (Phi) is 2.83. The van der Waals surface area contributed by atoms with Crippen LogP contribution in [0.1, 0.15) is 12.8 Å². The molecule has 2 amide bonds. The average molecular weight is 207 g/mol. The van der Waals surface area contributed by atoms with Crippen LogP contribution in [0.2, 0.25) is 0 Å². The van der Waals surface area contributed by atoms with Gasteiger partial charge in [0.1, 0.15) is 6.67 Å². The van der Waals surface area contributed by atoms with Crippen molar-refractivity contribution in [1.29, 1.82) is 0 Å². The highest BCUT2D eigenvalue weighted by atomic mass is 16.2. The van der Waals surface area contributed by atoms with E-state index in [1.54, 1.807) is 0 Å². The fraction of sp³-hybridized carbons (Fsp3) is 0.600. The highest BCUT2D eigenvalue weighted by Gasteiger charge is 2.36. The van der Waals surface area contributed by atoms with Crippen LogP contribution in [0, 0.1) is 11.8 Å². The van der Waals surface area contributed by atoms with Crippen LogP contribution in [0.25, 0.3) is 0 Å². The van der Waals surface area contributed by atoms with Gasteiger partial charge < -0.3 is 10.6 Å². The van der Waals surface area contributed by atoms with Crippen molar-refractivity contribution in [3.63, 3.8) is 0 Å². The number of nitrogens with zero attached hydrogens (tertiary/aromatic N) is 1. The zero-order chi connectivity index (χ0) is 10.7. The summed E-state index contributed by atoms with van der Waals surface area (Å²) in [5.41, 5.74) is 0. The minimum Gasteiger partial charge on any atom is -0.335 e. The molecule has 1 saturated carbocycles. The molecule has 15 heavy (non-hydrogen) atoms. The van der Waals surface area contributed by atoms with E-state index in [4.69, 9.17) is 0 Å². The van der Waals surface area contributed by atoms with E-state index in [0.29, 0.717) is 11.8 Å². The Morgan fingerprint density at radius 1 is 1.47 bits per heavy atom. The van der Waals surface area contributed by atoms with Gasteiger partial charge in [-0.05, 0) is 24.7 Å². The molecule has 0 radical (unpaired) electrons. The standard InChI is InChI=1S/C10H13N3O2/c14-6-11-5-12-10(15)13-9-4-7-1-2-8(9)3-7/h1-2,7-9H,3-5H2,(H2,12,13,15). The Bertz CT molecular complexity index is 334. The summed E-state index contributed by atoms with van der Waals surface area (Å²) in [4.78, 5) is 24.3. The van der Waals surface area contributed by atoms with Crippen molar-refractivity contribution in [3.8, 4) is 0 Å². The van der Waals surface area contributed by atoms with Crippen LogP contribution >= 0.6 is 0 Å². The number of fused-ring (bicyclic) bond motifs is 2. The number of rotatable bonds is 3. The van der Waals surface area contributed by atoms with Gasteiger partial charge in [0.25, 0.3) is 0 Å². The zero-order valence-electron chi connectivity index (χ0n) is 8.27. The molecule has 80 valence electrons. The Labute approximate surface area is 87.6 Å². The van der Waals surface area contributed by atoms with Gasteiger partial charge in [-0.3, -0.25) is 0 Å². The minimum atomic E-state index is -0.264. The van der Waals surface area contributed by atoms with Crippen LogP contribution in [0.5, 0.6) is 0 Å². The molecule has 0 spiro atoms. The molecule has 2 rings (SSSR count). The van der Waals surface area contributed by atoms with Crippen molar-refractivity contribution in [2.45, 2.75) is 18.9 Å². The summed E-state index contributed by atoms with van der Waals surface area (Å²) < 4.78 is 0. The molecule has 3 atom stereocenters. The number of isocyanates is 1. The van der Waals surface area contributed by atoms with Crippen LogP contribution in [0.15, 0.2) is 17.1 Å². The molecule has 5 heteroatoms. The molecule has 0 aliphatic heterocycles. The number of urea groups is 1. The molecule has 2 N–H and O–H groups in total. The fourth-order valence-electron chi connectivity index (χ4n) is 2.31. The SMILES string of the molecule is O=C=NCNC(=O)NC1CC2C=CC1C2. The largest absolute Gasteiger partial charge is 0.335 e. The molecule has 0 heterocycles. The number of allylic oxidation sites excluding steroid dienone is 1. The first-order valence-corrected chi connectivity index (χ1v) is 5.06. The molecule has 0 aromatic carbocycles. The first-order chi connectivity index (χ1) is 7.29. The highest BCUT2D eigenvalue weighted by molar-refractivity contribution is 5.74. The number of hydrogen-bond acceptors (Lipinski definition) is 3. The summed E-state index contributed by atoms with van der Waals surface area (Å²) in [7, 11) is 0. The minimum absolute atomic E-state index is 0.00795. The number of amides is 2. The van der Waals surface area contributed by atoms with E-state index in [2.05, 4.69) is 27.8 Å². The number of carbonyl (C=O) groups excluding carboxylic acids is 2. The first kappa shape index (κ1) is 9.93. The molecule has 5 nitrogen and oxygen atoms in total. The third-order valence-electron chi connectivity index (χ3n) is 2.98. The lowest BCUT2D eigenvalue weighted by atomic mass is 10.0. The predicted molar refractivity (Wildman–Crippen MR) is 53.8 cm³/mol. The third kappa shape index (κ3) is 2.25. The van der Waals surface area contributed by atoms with Crippen molar-refractivity contribution in [2.24, 2.45) is 16.8 Å². The lowest BCUT2D eigenvalue weighted by Crippen LogP contribution is -2.43. The maximum atomic E-state index is 11.3. The summed E-state index contributed by atoms with van der Waals surface area (Å²) in [6.45, 7) is -0.00795. The van der Waals surface area contributed by atoms with E-state index < -0.39 is 0 Å². The van der Waals surface area contributed by atoms with Crippen LogP contribution in [0.4, 0.5) is 4.79 Å². The molecule has 1 fully saturated rings. The van der Waals surface area contributed by atoms with Gasteiger partial charge in [0.15, 0.2) is 0 Å². The molecule has 2 aliphatic carbocycles. The smallest absolute Gasteiger partial charge is 0.316 e. The van der Waals surface area contributed by atoms with Gasteiger partial charge in [-0.25, -0.2) is 9.59 Å². The second kappa shape index (κ2) is 4.28. The van der Waals surface area contributed by atoms with Crippen molar-refractivity contribution in [1.82, 2.24) is 10.6 Å². The van der Waals surface area contributed by atoms with Gasteiger partial charge in [-0.15, -0.1) is 0 Å². The van der Waals surface area contributed by atoms with Gasteiger partial charge >= 0.3 is 6.03 Å². The van der Waals surface area contributed by atoms with E-state index in [9.17, 15) is 9.59 Å². The monoisotopic (exact) mass is 207 g/mol. The fourth-order valence-corrected chi connectivity index (χ4v) is 2.31. The lowest BCUT2D eigenvalue weighted by Gasteiger charge is -2.19. The topological polar surface area (TPSA) is 70.6 Å². The summed E-state index contributed by atoms with van der Waals surface area (Å²) in [6, 6.07) is -0.0276. The van der Waals surface area contributed by atoms with Crippen molar-refractivity contribution in [3.05, 3.63) is 12.2 Å². The number of carbonyl (C=O) groups is 1. The van der Waals surface area contributed by atoms with Crippen LogP contribution < -0.4 is 10.6 Å². The molecule has 0 aromatic rings. The van der Waals surface area contributed by atoms with E-state index in [1.807, 2.05) is 0 Å².